The lowest BCUT2D eigenvalue weighted by Gasteiger charge is -2.34. The molecule has 1 atom stereocenters. The molecule has 28 heavy (non-hydrogen) atoms. The van der Waals surface area contributed by atoms with Crippen LogP contribution < -0.4 is 10.0 Å². The molecular weight excluding hydrogens is 402 g/mol. The molecule has 1 heterocycles. The van der Waals surface area contributed by atoms with E-state index in [4.69, 9.17) is 0 Å². The van der Waals surface area contributed by atoms with Gasteiger partial charge in [-0.25, -0.2) is 13.1 Å². The summed E-state index contributed by atoms with van der Waals surface area (Å²) in [6.07, 6.45) is 1.10. The number of sulfonamides is 1. The van der Waals surface area contributed by atoms with Crippen molar-refractivity contribution in [2.45, 2.75) is 30.4 Å². The van der Waals surface area contributed by atoms with Crippen LogP contribution in [0.15, 0.2) is 34.2 Å². The van der Waals surface area contributed by atoms with Crippen molar-refractivity contribution in [2.24, 2.45) is 4.99 Å². The molecule has 0 aromatic heterocycles. The summed E-state index contributed by atoms with van der Waals surface area (Å²) in [5.41, 5.74) is -0.260. The van der Waals surface area contributed by atoms with Crippen LogP contribution in [0.1, 0.15) is 20.3 Å². The van der Waals surface area contributed by atoms with Gasteiger partial charge in [-0.15, -0.1) is 0 Å². The first kappa shape index (κ1) is 22.4. The van der Waals surface area contributed by atoms with Gasteiger partial charge in [0, 0.05) is 49.3 Å². The monoisotopic (exact) mass is 429 g/mol. The summed E-state index contributed by atoms with van der Waals surface area (Å²) in [6.45, 7) is 7.12. The van der Waals surface area contributed by atoms with Crippen LogP contribution >= 0.6 is 11.8 Å². The second kappa shape index (κ2) is 10.6. The van der Waals surface area contributed by atoms with Crippen molar-refractivity contribution < 1.29 is 13.3 Å². The highest BCUT2D eigenvalue weighted by molar-refractivity contribution is 8.00. The smallest absolute Gasteiger partial charge is 0.270 e. The maximum atomic E-state index is 12.3. The van der Waals surface area contributed by atoms with Crippen LogP contribution in [0.5, 0.6) is 0 Å². The van der Waals surface area contributed by atoms with E-state index in [0.29, 0.717) is 5.25 Å². The van der Waals surface area contributed by atoms with E-state index in [0.717, 1.165) is 43.8 Å². The Morgan fingerprint density at radius 2 is 2.21 bits per heavy atom. The third-order valence-electron chi connectivity index (χ3n) is 4.23. The molecule has 1 aromatic carbocycles. The zero-order valence-corrected chi connectivity index (χ0v) is 17.8. The van der Waals surface area contributed by atoms with Crippen molar-refractivity contribution in [3.05, 3.63) is 34.4 Å². The molecule has 1 unspecified atom stereocenters. The molecule has 0 aliphatic carbocycles. The minimum Gasteiger partial charge on any atom is -0.357 e. The summed E-state index contributed by atoms with van der Waals surface area (Å²) in [4.78, 5) is 16.8. The van der Waals surface area contributed by atoms with Crippen LogP contribution in [0.4, 0.5) is 5.69 Å². The summed E-state index contributed by atoms with van der Waals surface area (Å²) in [6, 6.07) is 4.99. The first-order chi connectivity index (χ1) is 13.4. The molecule has 1 aliphatic rings. The molecule has 2 N–H and O–H groups in total. The number of non-ortho nitro benzene ring substituents is 1. The first-order valence-electron chi connectivity index (χ1n) is 9.26. The van der Waals surface area contributed by atoms with Gasteiger partial charge in [0.15, 0.2) is 5.96 Å². The Labute approximate surface area is 170 Å². The van der Waals surface area contributed by atoms with E-state index in [1.165, 1.54) is 18.2 Å². The number of rotatable bonds is 8. The maximum Gasteiger partial charge on any atom is 0.270 e. The predicted octanol–water partition coefficient (Wildman–Crippen LogP) is 1.67. The van der Waals surface area contributed by atoms with Crippen molar-refractivity contribution in [1.82, 2.24) is 14.9 Å². The van der Waals surface area contributed by atoms with Gasteiger partial charge in [-0.3, -0.25) is 15.1 Å². The second-order valence-corrected chi connectivity index (χ2v) is 9.41. The molecule has 1 fully saturated rings. The second-order valence-electron chi connectivity index (χ2n) is 6.23. The SMILES string of the molecule is CCNC(=NCCNS(=O)(=O)c1cccc([N+](=O)[O-])c1)N1CCSC(CC)C1. The van der Waals surface area contributed by atoms with Gasteiger partial charge in [-0.05, 0) is 19.4 Å². The van der Waals surface area contributed by atoms with E-state index >= 15 is 0 Å². The number of aliphatic imine (C=N–C) groups is 1. The highest BCUT2D eigenvalue weighted by Crippen LogP contribution is 2.21. The fraction of sp³-hybridized carbons (Fsp3) is 0.588. The zero-order valence-electron chi connectivity index (χ0n) is 16.1. The van der Waals surface area contributed by atoms with Gasteiger partial charge in [0.2, 0.25) is 10.0 Å². The lowest BCUT2D eigenvalue weighted by molar-refractivity contribution is -0.385. The average Bonchev–Trinajstić information content (AvgIpc) is 2.70. The Morgan fingerprint density at radius 3 is 2.89 bits per heavy atom. The molecule has 0 bridgehead atoms. The highest BCUT2D eigenvalue weighted by Gasteiger charge is 2.21. The van der Waals surface area contributed by atoms with Crippen LogP contribution in [0.3, 0.4) is 0 Å². The number of nitrogens with zero attached hydrogens (tertiary/aromatic N) is 3. The Bertz CT molecular complexity index is 800. The van der Waals surface area contributed by atoms with Crippen LogP contribution in [0.25, 0.3) is 0 Å². The lowest BCUT2D eigenvalue weighted by atomic mass is 10.3. The van der Waals surface area contributed by atoms with Crippen LogP contribution in [0, 0.1) is 10.1 Å². The molecular formula is C17H27N5O4S2. The number of thioether (sulfide) groups is 1. The largest absolute Gasteiger partial charge is 0.357 e. The van der Waals surface area contributed by atoms with Crippen molar-refractivity contribution in [2.75, 3.05) is 38.5 Å². The zero-order chi connectivity index (χ0) is 20.6. The summed E-state index contributed by atoms with van der Waals surface area (Å²) in [5, 5.41) is 14.7. The lowest BCUT2D eigenvalue weighted by Crippen LogP contribution is -2.48. The molecule has 0 spiro atoms. The van der Waals surface area contributed by atoms with E-state index in [9.17, 15) is 18.5 Å². The third-order valence-corrected chi connectivity index (χ3v) is 7.06. The third kappa shape index (κ3) is 6.35. The van der Waals surface area contributed by atoms with Gasteiger partial charge in [0.25, 0.3) is 5.69 Å². The molecule has 156 valence electrons. The number of nitrogens with one attached hydrogen (secondary N) is 2. The quantitative estimate of drug-likeness (QED) is 0.212. The van der Waals surface area contributed by atoms with E-state index in [1.807, 2.05) is 18.7 Å². The average molecular weight is 430 g/mol. The van der Waals surface area contributed by atoms with E-state index in [1.54, 1.807) is 0 Å². The standard InChI is InChI=1S/C17H27N5O4S2/c1-3-15-13-21(10-11-27-15)17(18-4-2)19-8-9-20-28(25,26)16-7-5-6-14(12-16)22(23)24/h5-7,12,15,20H,3-4,8-11,13H2,1-2H3,(H,18,19). The topological polar surface area (TPSA) is 117 Å². The number of nitro benzene ring substituents is 1. The van der Waals surface area contributed by atoms with Crippen molar-refractivity contribution in [3.63, 3.8) is 0 Å². The molecule has 0 saturated carbocycles. The Hall–Kier alpha value is -1.85. The first-order valence-corrected chi connectivity index (χ1v) is 11.8. The molecule has 0 radical (unpaired) electrons. The number of hydrogen-bond acceptors (Lipinski definition) is 6. The normalized spacial score (nSPS) is 18.1. The number of nitro groups is 1. The van der Waals surface area contributed by atoms with Crippen molar-refractivity contribution >= 4 is 33.4 Å². The van der Waals surface area contributed by atoms with Gasteiger partial charge in [-0.1, -0.05) is 13.0 Å². The molecule has 11 heteroatoms. The predicted molar refractivity (Wildman–Crippen MR) is 112 cm³/mol. The summed E-state index contributed by atoms with van der Waals surface area (Å²) >= 11 is 1.97. The fourth-order valence-corrected chi connectivity index (χ4v) is 5.01. The Morgan fingerprint density at radius 1 is 1.43 bits per heavy atom. The molecule has 1 aromatic rings. The van der Waals surface area contributed by atoms with Gasteiger partial charge < -0.3 is 10.2 Å². The minimum absolute atomic E-state index is 0.111. The molecule has 0 amide bonds. The van der Waals surface area contributed by atoms with E-state index in [2.05, 4.69) is 26.9 Å². The minimum atomic E-state index is -3.83. The van der Waals surface area contributed by atoms with Gasteiger partial charge >= 0.3 is 0 Å². The molecule has 2 rings (SSSR count). The Kier molecular flexibility index (Phi) is 8.52. The number of benzene rings is 1. The fourth-order valence-electron chi connectivity index (χ4n) is 2.77. The van der Waals surface area contributed by atoms with Crippen molar-refractivity contribution in [1.29, 1.82) is 0 Å². The van der Waals surface area contributed by atoms with Gasteiger partial charge in [0.05, 0.1) is 16.4 Å². The molecule has 1 saturated heterocycles. The van der Waals surface area contributed by atoms with Crippen molar-refractivity contribution in [3.8, 4) is 0 Å². The van der Waals surface area contributed by atoms with E-state index in [-0.39, 0.29) is 23.7 Å². The van der Waals surface area contributed by atoms with Crippen LogP contribution in [0.2, 0.25) is 0 Å². The number of guanidine groups is 1. The summed E-state index contributed by atoms with van der Waals surface area (Å²) in [7, 11) is -3.83. The molecule has 9 nitrogen and oxygen atoms in total. The van der Waals surface area contributed by atoms with Crippen LogP contribution in [-0.2, 0) is 10.0 Å². The maximum absolute atomic E-state index is 12.3. The highest BCUT2D eigenvalue weighted by atomic mass is 32.2. The van der Waals surface area contributed by atoms with Gasteiger partial charge in [-0.2, -0.15) is 11.8 Å². The van der Waals surface area contributed by atoms with Crippen LogP contribution in [-0.4, -0.2) is 67.9 Å². The molecule has 1 aliphatic heterocycles. The Balaban J connectivity index is 1.97. The van der Waals surface area contributed by atoms with E-state index < -0.39 is 14.9 Å². The summed E-state index contributed by atoms with van der Waals surface area (Å²) in [5.74, 6) is 1.83. The number of hydrogen-bond donors (Lipinski definition) is 2. The van der Waals surface area contributed by atoms with Gasteiger partial charge in [0.1, 0.15) is 0 Å². The summed E-state index contributed by atoms with van der Waals surface area (Å²) < 4.78 is 27.2.